The Balaban J connectivity index is 2.52. The molecule has 0 unspecified atom stereocenters. The van der Waals surface area contributed by atoms with Gasteiger partial charge in [0.25, 0.3) is 0 Å². The van der Waals surface area contributed by atoms with Crippen molar-refractivity contribution in [2.24, 2.45) is 0 Å². The Kier molecular flexibility index (Phi) is 3.76. The van der Waals surface area contributed by atoms with E-state index in [1.54, 1.807) is 0 Å². The zero-order valence-electron chi connectivity index (χ0n) is 7.71. The summed E-state index contributed by atoms with van der Waals surface area (Å²) in [6, 6.07) is 4.30. The number of rotatable bonds is 4. The van der Waals surface area contributed by atoms with Gasteiger partial charge in [-0.15, -0.1) is 11.3 Å². The molecule has 1 aromatic rings. The Morgan fingerprint density at radius 2 is 2.08 bits per heavy atom. The van der Waals surface area contributed by atoms with Crippen LogP contribution in [-0.4, -0.2) is 11.2 Å². The van der Waals surface area contributed by atoms with Crippen molar-refractivity contribution in [1.29, 1.82) is 0 Å². The van der Waals surface area contributed by atoms with Crippen LogP contribution in [0.15, 0.2) is 12.1 Å². The molecule has 0 saturated carbocycles. The minimum Gasteiger partial charge on any atom is -0.393 e. The molecule has 0 aliphatic carbocycles. The van der Waals surface area contributed by atoms with E-state index in [1.165, 1.54) is 22.6 Å². The second kappa shape index (κ2) is 4.63. The van der Waals surface area contributed by atoms with Crippen LogP contribution in [-0.2, 0) is 12.8 Å². The summed E-state index contributed by atoms with van der Waals surface area (Å²) in [5.41, 5.74) is 0. The molecule has 1 heterocycles. The van der Waals surface area contributed by atoms with Crippen LogP contribution in [0.3, 0.4) is 0 Å². The molecule has 0 saturated heterocycles. The summed E-state index contributed by atoms with van der Waals surface area (Å²) in [5, 5.41) is 9.15. The average molecular weight is 184 g/mol. The van der Waals surface area contributed by atoms with E-state index >= 15 is 0 Å². The van der Waals surface area contributed by atoms with Crippen molar-refractivity contribution in [3.63, 3.8) is 0 Å². The highest BCUT2D eigenvalue weighted by Crippen LogP contribution is 2.19. The first-order valence-corrected chi connectivity index (χ1v) is 5.29. The van der Waals surface area contributed by atoms with Crippen molar-refractivity contribution in [2.45, 2.75) is 39.2 Å². The highest BCUT2D eigenvalue weighted by atomic mass is 32.1. The molecule has 0 fully saturated rings. The number of hydrogen-bond acceptors (Lipinski definition) is 2. The van der Waals surface area contributed by atoms with Crippen LogP contribution in [0.4, 0.5) is 0 Å². The van der Waals surface area contributed by atoms with Gasteiger partial charge in [-0.25, -0.2) is 0 Å². The third-order valence-corrected chi connectivity index (χ3v) is 2.88. The molecule has 1 N–H and O–H groups in total. The van der Waals surface area contributed by atoms with Crippen molar-refractivity contribution in [2.75, 3.05) is 0 Å². The van der Waals surface area contributed by atoms with Crippen LogP contribution in [0.2, 0.25) is 0 Å². The van der Waals surface area contributed by atoms with Gasteiger partial charge >= 0.3 is 0 Å². The van der Waals surface area contributed by atoms with Gasteiger partial charge in [0.1, 0.15) is 0 Å². The molecule has 0 radical (unpaired) electrons. The molecule has 1 aromatic heterocycles. The third-order valence-electron chi connectivity index (χ3n) is 1.71. The molecule has 0 aromatic carbocycles. The van der Waals surface area contributed by atoms with Crippen molar-refractivity contribution in [3.8, 4) is 0 Å². The molecule has 0 amide bonds. The lowest BCUT2D eigenvalue weighted by Crippen LogP contribution is -2.01. The first-order chi connectivity index (χ1) is 5.72. The summed E-state index contributed by atoms with van der Waals surface area (Å²) in [4.78, 5) is 2.74. The lowest BCUT2D eigenvalue weighted by atomic mass is 10.2. The van der Waals surface area contributed by atoms with Crippen LogP contribution >= 0.6 is 11.3 Å². The number of aryl methyl sites for hydroxylation is 1. The van der Waals surface area contributed by atoms with E-state index in [2.05, 4.69) is 19.1 Å². The van der Waals surface area contributed by atoms with E-state index in [-0.39, 0.29) is 6.10 Å². The Bertz CT molecular complexity index is 227. The second-order valence-corrected chi connectivity index (χ2v) is 4.42. The van der Waals surface area contributed by atoms with E-state index in [0.29, 0.717) is 0 Å². The normalized spacial score (nSPS) is 13.2. The zero-order chi connectivity index (χ0) is 8.97. The predicted octanol–water partition coefficient (Wildman–Crippen LogP) is 2.62. The molecule has 1 atom stereocenters. The molecule has 0 spiro atoms. The maximum absolute atomic E-state index is 9.15. The number of aliphatic hydroxyl groups is 1. The van der Waals surface area contributed by atoms with Gasteiger partial charge in [0.15, 0.2) is 0 Å². The third kappa shape index (κ3) is 2.95. The topological polar surface area (TPSA) is 20.2 Å². The summed E-state index contributed by atoms with van der Waals surface area (Å²) in [5.74, 6) is 0. The number of hydrogen-bond donors (Lipinski definition) is 1. The van der Waals surface area contributed by atoms with E-state index in [4.69, 9.17) is 5.11 Å². The van der Waals surface area contributed by atoms with Crippen molar-refractivity contribution < 1.29 is 5.11 Å². The summed E-state index contributed by atoms with van der Waals surface area (Å²) >= 11 is 1.83. The Labute approximate surface area is 78.1 Å². The molecule has 1 nitrogen and oxygen atoms in total. The van der Waals surface area contributed by atoms with E-state index in [0.717, 1.165) is 6.42 Å². The highest BCUT2D eigenvalue weighted by Gasteiger charge is 2.02. The fourth-order valence-electron chi connectivity index (χ4n) is 1.20. The lowest BCUT2D eigenvalue weighted by molar-refractivity contribution is 0.196. The van der Waals surface area contributed by atoms with Crippen molar-refractivity contribution in [3.05, 3.63) is 21.9 Å². The smallest absolute Gasteiger partial charge is 0.0560 e. The monoisotopic (exact) mass is 184 g/mol. The Morgan fingerprint density at radius 1 is 1.42 bits per heavy atom. The van der Waals surface area contributed by atoms with Crippen LogP contribution in [0.25, 0.3) is 0 Å². The fourth-order valence-corrected chi connectivity index (χ4v) is 2.44. The van der Waals surface area contributed by atoms with Gasteiger partial charge in [-0.05, 0) is 25.5 Å². The van der Waals surface area contributed by atoms with Gasteiger partial charge in [0, 0.05) is 16.2 Å². The summed E-state index contributed by atoms with van der Waals surface area (Å²) in [7, 11) is 0. The summed E-state index contributed by atoms with van der Waals surface area (Å²) < 4.78 is 0. The van der Waals surface area contributed by atoms with Crippen molar-refractivity contribution >= 4 is 11.3 Å². The maximum atomic E-state index is 9.15. The molecule has 0 bridgehead atoms. The van der Waals surface area contributed by atoms with Gasteiger partial charge in [0.05, 0.1) is 6.10 Å². The molecule has 12 heavy (non-hydrogen) atoms. The molecule has 0 aliphatic heterocycles. The van der Waals surface area contributed by atoms with E-state index in [1.807, 2.05) is 18.3 Å². The quantitative estimate of drug-likeness (QED) is 0.762. The fraction of sp³-hybridized carbons (Fsp3) is 0.600. The summed E-state index contributed by atoms with van der Waals surface area (Å²) in [6.07, 6.45) is 2.96. The lowest BCUT2D eigenvalue weighted by Gasteiger charge is -1.99. The first-order valence-electron chi connectivity index (χ1n) is 4.48. The maximum Gasteiger partial charge on any atom is 0.0560 e. The Morgan fingerprint density at radius 3 is 2.67 bits per heavy atom. The van der Waals surface area contributed by atoms with Crippen molar-refractivity contribution in [1.82, 2.24) is 0 Å². The average Bonchev–Trinajstić information content (AvgIpc) is 2.36. The van der Waals surface area contributed by atoms with E-state index in [9.17, 15) is 0 Å². The largest absolute Gasteiger partial charge is 0.393 e. The Hall–Kier alpha value is -0.340. The van der Waals surface area contributed by atoms with Gasteiger partial charge in [0.2, 0.25) is 0 Å². The van der Waals surface area contributed by atoms with Crippen LogP contribution in [0.1, 0.15) is 30.0 Å². The van der Waals surface area contributed by atoms with Crippen LogP contribution in [0.5, 0.6) is 0 Å². The van der Waals surface area contributed by atoms with Gasteiger partial charge in [-0.3, -0.25) is 0 Å². The molecule has 0 aliphatic rings. The van der Waals surface area contributed by atoms with E-state index < -0.39 is 0 Å². The van der Waals surface area contributed by atoms with Gasteiger partial charge < -0.3 is 5.11 Å². The first kappa shape index (κ1) is 9.75. The molecular weight excluding hydrogens is 168 g/mol. The van der Waals surface area contributed by atoms with Gasteiger partial charge in [-0.1, -0.05) is 13.3 Å². The van der Waals surface area contributed by atoms with Gasteiger partial charge in [-0.2, -0.15) is 0 Å². The number of thiophene rings is 1. The highest BCUT2D eigenvalue weighted by molar-refractivity contribution is 7.11. The molecule has 2 heteroatoms. The molecular formula is C10H16OS. The minimum absolute atomic E-state index is 0.210. The SMILES string of the molecule is CCCc1ccc(C[C@H](C)O)s1. The van der Waals surface area contributed by atoms with Crippen LogP contribution in [0, 0.1) is 0 Å². The van der Waals surface area contributed by atoms with Crippen LogP contribution < -0.4 is 0 Å². The predicted molar refractivity (Wildman–Crippen MR) is 53.7 cm³/mol. The second-order valence-electron chi connectivity index (χ2n) is 3.17. The number of aliphatic hydroxyl groups excluding tert-OH is 1. The zero-order valence-corrected chi connectivity index (χ0v) is 8.53. The molecule has 1 rings (SSSR count). The summed E-state index contributed by atoms with van der Waals surface area (Å²) in [6.45, 7) is 4.02. The molecule has 68 valence electrons. The minimum atomic E-state index is -0.210. The standard InChI is InChI=1S/C10H16OS/c1-3-4-9-5-6-10(12-9)7-8(2)11/h5-6,8,11H,3-4,7H2,1-2H3/t8-/m0/s1.